The van der Waals surface area contributed by atoms with E-state index in [0.717, 1.165) is 15.6 Å². The highest BCUT2D eigenvalue weighted by Gasteiger charge is 2.41. The van der Waals surface area contributed by atoms with Crippen LogP contribution in [0.4, 0.5) is 0 Å². The number of rotatable bonds is 5. The average Bonchev–Trinajstić information content (AvgIpc) is 2.78. The lowest BCUT2D eigenvalue weighted by molar-refractivity contribution is -0.136. The summed E-state index contributed by atoms with van der Waals surface area (Å²) in [5, 5.41) is 0. The Morgan fingerprint density at radius 1 is 1.13 bits per heavy atom. The summed E-state index contributed by atoms with van der Waals surface area (Å²) in [5.41, 5.74) is 8.51. The van der Waals surface area contributed by atoms with Gasteiger partial charge in [-0.3, -0.25) is 4.79 Å². The first-order valence-electron chi connectivity index (χ1n) is 9.97. The number of Topliss-reactive ketones (excluding diaryl/α,β-unsaturated/α-hetero) is 1. The van der Waals surface area contributed by atoms with Crippen LogP contribution in [0, 0.1) is 0 Å². The predicted molar refractivity (Wildman–Crippen MR) is 118 cm³/mol. The van der Waals surface area contributed by atoms with Gasteiger partial charge in [-0.25, -0.2) is 4.79 Å². The molecule has 0 saturated carbocycles. The number of nitrogens with two attached hydrogens (primary N) is 1. The van der Waals surface area contributed by atoms with Crippen molar-refractivity contribution in [1.82, 2.24) is 0 Å². The first-order chi connectivity index (χ1) is 15.0. The first-order valence-corrected chi connectivity index (χ1v) is 10.8. The lowest BCUT2D eigenvalue weighted by Crippen LogP contribution is -2.31. The molecule has 1 aliphatic carbocycles. The van der Waals surface area contributed by atoms with Crippen molar-refractivity contribution in [3.05, 3.63) is 86.9 Å². The summed E-state index contributed by atoms with van der Waals surface area (Å²) in [4.78, 5) is 25.2. The minimum atomic E-state index is -0.621. The van der Waals surface area contributed by atoms with E-state index in [0.29, 0.717) is 43.0 Å². The second kappa shape index (κ2) is 8.98. The molecular formula is C24H22BrNO5. The molecule has 6 nitrogen and oxygen atoms in total. The zero-order chi connectivity index (χ0) is 22.0. The van der Waals surface area contributed by atoms with E-state index in [2.05, 4.69) is 15.9 Å². The van der Waals surface area contributed by atoms with Crippen molar-refractivity contribution in [2.75, 3.05) is 7.11 Å². The van der Waals surface area contributed by atoms with Gasteiger partial charge >= 0.3 is 5.97 Å². The van der Waals surface area contributed by atoms with Crippen LogP contribution in [0.25, 0.3) is 0 Å². The zero-order valence-corrected chi connectivity index (χ0v) is 18.6. The number of hydrogen-bond donors (Lipinski definition) is 1. The Balaban J connectivity index is 1.62. The molecule has 160 valence electrons. The lowest BCUT2D eigenvalue weighted by atomic mass is 9.77. The van der Waals surface area contributed by atoms with E-state index in [-0.39, 0.29) is 17.2 Å². The Labute approximate surface area is 188 Å². The van der Waals surface area contributed by atoms with Crippen molar-refractivity contribution in [2.45, 2.75) is 31.8 Å². The highest BCUT2D eigenvalue weighted by atomic mass is 79.9. The molecule has 1 heterocycles. The number of carbonyl (C=O) groups excluding carboxylic acids is 2. The number of allylic oxidation sites excluding steroid dienone is 2. The van der Waals surface area contributed by atoms with Gasteiger partial charge in [0.1, 0.15) is 23.7 Å². The van der Waals surface area contributed by atoms with E-state index in [1.165, 1.54) is 7.11 Å². The third-order valence-corrected chi connectivity index (χ3v) is 5.95. The van der Waals surface area contributed by atoms with Crippen LogP contribution in [0.1, 0.15) is 36.3 Å². The Morgan fingerprint density at radius 3 is 2.52 bits per heavy atom. The number of esters is 1. The average molecular weight is 484 g/mol. The van der Waals surface area contributed by atoms with Crippen molar-refractivity contribution in [3.8, 4) is 5.75 Å². The van der Waals surface area contributed by atoms with Crippen molar-refractivity contribution < 1.29 is 23.8 Å². The van der Waals surface area contributed by atoms with Gasteiger partial charge in [-0.15, -0.1) is 0 Å². The minimum Gasteiger partial charge on any atom is -0.489 e. The Hall–Kier alpha value is -3.06. The van der Waals surface area contributed by atoms with Gasteiger partial charge in [0.25, 0.3) is 0 Å². The number of methoxy groups -OCH3 is 1. The molecule has 0 unspecified atom stereocenters. The molecule has 0 saturated heterocycles. The maximum atomic E-state index is 12.7. The molecule has 0 fully saturated rings. The monoisotopic (exact) mass is 483 g/mol. The number of benzene rings is 2. The fourth-order valence-corrected chi connectivity index (χ4v) is 4.17. The van der Waals surface area contributed by atoms with Crippen molar-refractivity contribution in [2.24, 2.45) is 5.73 Å². The molecule has 2 aromatic carbocycles. The van der Waals surface area contributed by atoms with Crippen LogP contribution < -0.4 is 10.5 Å². The van der Waals surface area contributed by atoms with Gasteiger partial charge in [0, 0.05) is 22.9 Å². The van der Waals surface area contributed by atoms with Crippen molar-refractivity contribution >= 4 is 27.7 Å². The summed E-state index contributed by atoms with van der Waals surface area (Å²) >= 11 is 3.42. The third-order valence-electron chi connectivity index (χ3n) is 5.42. The molecule has 0 spiro atoms. The van der Waals surface area contributed by atoms with E-state index in [1.807, 2.05) is 48.5 Å². The fourth-order valence-electron chi connectivity index (χ4n) is 3.90. The van der Waals surface area contributed by atoms with Crippen molar-refractivity contribution in [3.63, 3.8) is 0 Å². The van der Waals surface area contributed by atoms with E-state index < -0.39 is 11.9 Å². The summed E-state index contributed by atoms with van der Waals surface area (Å²) in [6.07, 6.45) is 1.73. The molecule has 1 aliphatic heterocycles. The smallest absolute Gasteiger partial charge is 0.340 e. The highest BCUT2D eigenvalue weighted by molar-refractivity contribution is 9.10. The maximum absolute atomic E-state index is 12.7. The van der Waals surface area contributed by atoms with Gasteiger partial charge in [-0.2, -0.15) is 0 Å². The van der Waals surface area contributed by atoms with E-state index in [9.17, 15) is 9.59 Å². The maximum Gasteiger partial charge on any atom is 0.340 e. The predicted octanol–water partition coefficient (Wildman–Crippen LogP) is 4.49. The topological polar surface area (TPSA) is 87.9 Å². The van der Waals surface area contributed by atoms with Crippen LogP contribution >= 0.6 is 15.9 Å². The van der Waals surface area contributed by atoms with Crippen LogP contribution in [0.2, 0.25) is 0 Å². The van der Waals surface area contributed by atoms with Gasteiger partial charge in [0.05, 0.1) is 13.0 Å². The quantitative estimate of drug-likeness (QED) is 0.630. The number of carbonyl (C=O) groups is 2. The van der Waals surface area contributed by atoms with Gasteiger partial charge < -0.3 is 19.9 Å². The molecule has 0 radical (unpaired) electrons. The molecule has 4 rings (SSSR count). The number of ether oxygens (including phenoxy) is 3. The van der Waals surface area contributed by atoms with E-state index >= 15 is 0 Å². The summed E-state index contributed by atoms with van der Waals surface area (Å²) in [6.45, 7) is 0.429. The van der Waals surface area contributed by atoms with Crippen LogP contribution in [0.5, 0.6) is 5.75 Å². The minimum absolute atomic E-state index is 0.0131. The standard InChI is InChI=1S/C24H22BrNO5/c1-29-24(28)22-20(21-18(27)3-2-4-19(21)31-23(22)26)15-7-11-17(12-8-15)30-13-14-5-9-16(25)10-6-14/h5-12,20H,2-4,13,26H2,1H3/t20-/m1/s1. The Bertz CT molecular complexity index is 1070. The lowest BCUT2D eigenvalue weighted by Gasteiger charge is -2.32. The molecule has 2 aromatic rings. The Kier molecular flexibility index (Phi) is 6.13. The van der Waals surface area contributed by atoms with Crippen LogP contribution in [-0.4, -0.2) is 18.9 Å². The molecular weight excluding hydrogens is 462 g/mol. The summed E-state index contributed by atoms with van der Waals surface area (Å²) in [5.74, 6) is -0.0504. The summed E-state index contributed by atoms with van der Waals surface area (Å²) in [6, 6.07) is 15.2. The highest BCUT2D eigenvalue weighted by Crippen LogP contribution is 2.44. The third kappa shape index (κ3) is 4.37. The largest absolute Gasteiger partial charge is 0.489 e. The van der Waals surface area contributed by atoms with Gasteiger partial charge in [0.2, 0.25) is 5.88 Å². The molecule has 0 bridgehead atoms. The number of hydrogen-bond acceptors (Lipinski definition) is 6. The van der Waals surface area contributed by atoms with Crippen LogP contribution in [0.3, 0.4) is 0 Å². The molecule has 0 amide bonds. The summed E-state index contributed by atoms with van der Waals surface area (Å²) in [7, 11) is 1.28. The second-order valence-corrected chi connectivity index (χ2v) is 8.32. The first kappa shape index (κ1) is 21.2. The van der Waals surface area contributed by atoms with E-state index in [1.54, 1.807) is 0 Å². The molecule has 0 aromatic heterocycles. The van der Waals surface area contributed by atoms with Gasteiger partial charge in [-0.1, -0.05) is 40.2 Å². The number of halogens is 1. The molecule has 1 atom stereocenters. The zero-order valence-electron chi connectivity index (χ0n) is 17.0. The van der Waals surface area contributed by atoms with Gasteiger partial charge in [-0.05, 0) is 41.8 Å². The number of ketones is 1. The molecule has 31 heavy (non-hydrogen) atoms. The van der Waals surface area contributed by atoms with Crippen molar-refractivity contribution in [1.29, 1.82) is 0 Å². The molecule has 2 aliphatic rings. The van der Waals surface area contributed by atoms with Crippen LogP contribution in [0.15, 0.2) is 75.8 Å². The fraction of sp³-hybridized carbons (Fsp3) is 0.250. The molecule has 7 heteroatoms. The van der Waals surface area contributed by atoms with E-state index in [4.69, 9.17) is 19.9 Å². The Morgan fingerprint density at radius 2 is 1.84 bits per heavy atom. The summed E-state index contributed by atoms with van der Waals surface area (Å²) < 4.78 is 17.5. The SMILES string of the molecule is COC(=O)C1=C(N)OC2=C(C(=O)CCC2)[C@H]1c1ccc(OCc2ccc(Br)cc2)cc1. The van der Waals surface area contributed by atoms with Gasteiger partial charge in [0.15, 0.2) is 5.78 Å². The normalized spacial score (nSPS) is 18.4. The second-order valence-electron chi connectivity index (χ2n) is 7.40. The van der Waals surface area contributed by atoms with Crippen LogP contribution in [-0.2, 0) is 25.7 Å². The molecule has 2 N–H and O–H groups in total.